The normalized spacial score (nSPS) is 14.6. The number of aryl methyl sites for hydroxylation is 1. The van der Waals surface area contributed by atoms with Crippen molar-refractivity contribution in [2.45, 2.75) is 6.92 Å². The lowest BCUT2D eigenvalue weighted by Crippen LogP contribution is -2.36. The molecule has 1 fully saturated rings. The molecule has 2 aromatic rings. The van der Waals surface area contributed by atoms with E-state index in [4.69, 9.17) is 4.74 Å². The van der Waals surface area contributed by atoms with E-state index < -0.39 is 0 Å². The number of carbonyl (C=O) groups is 1. The molecule has 0 aliphatic carbocycles. The lowest BCUT2D eigenvalue weighted by Gasteiger charge is -2.29. The van der Waals surface area contributed by atoms with Gasteiger partial charge in [0.25, 0.3) is 5.91 Å². The summed E-state index contributed by atoms with van der Waals surface area (Å²) in [5.41, 5.74) is 3.31. The van der Waals surface area contributed by atoms with Crippen molar-refractivity contribution in [2.24, 2.45) is 0 Å². The largest absolute Gasteiger partial charge is 0.378 e. The van der Waals surface area contributed by atoms with Crippen LogP contribution < -0.4 is 10.2 Å². The molecule has 0 unspecified atom stereocenters. The van der Waals surface area contributed by atoms with E-state index in [0.29, 0.717) is 5.56 Å². The second-order valence-corrected chi connectivity index (χ2v) is 5.56. The van der Waals surface area contributed by atoms with E-state index in [9.17, 15) is 9.18 Å². The number of nitrogens with zero attached hydrogens (tertiary/aromatic N) is 1. The summed E-state index contributed by atoms with van der Waals surface area (Å²) in [4.78, 5) is 14.5. The Labute approximate surface area is 134 Å². The highest BCUT2D eigenvalue weighted by Crippen LogP contribution is 2.24. The van der Waals surface area contributed by atoms with Crippen molar-refractivity contribution >= 4 is 17.3 Å². The Bertz CT molecular complexity index is 695. The average Bonchev–Trinajstić information content (AvgIpc) is 2.58. The average molecular weight is 314 g/mol. The second kappa shape index (κ2) is 6.79. The minimum Gasteiger partial charge on any atom is -0.378 e. The van der Waals surface area contributed by atoms with Crippen molar-refractivity contribution in [1.29, 1.82) is 0 Å². The molecular formula is C18H19FN2O2. The van der Waals surface area contributed by atoms with Crippen LogP contribution in [0.15, 0.2) is 42.5 Å². The van der Waals surface area contributed by atoms with Crippen LogP contribution in [0, 0.1) is 12.7 Å². The van der Waals surface area contributed by atoms with E-state index >= 15 is 0 Å². The molecule has 1 amide bonds. The van der Waals surface area contributed by atoms with Crippen LogP contribution >= 0.6 is 0 Å². The van der Waals surface area contributed by atoms with Crippen molar-refractivity contribution in [1.82, 2.24) is 0 Å². The standard InChI is InChI=1S/C18H19FN2O2/c1-13-12-16(21-8-10-23-11-9-21)6-7-17(13)20-18(22)14-2-4-15(19)5-3-14/h2-7,12H,8-11H2,1H3,(H,20,22). The molecule has 0 saturated carbocycles. The molecule has 0 spiro atoms. The fraction of sp³-hybridized carbons (Fsp3) is 0.278. The maximum absolute atomic E-state index is 12.9. The Morgan fingerprint density at radius 3 is 2.48 bits per heavy atom. The minimum absolute atomic E-state index is 0.243. The number of benzene rings is 2. The third-order valence-corrected chi connectivity index (χ3v) is 3.94. The molecule has 0 aromatic heterocycles. The number of carbonyl (C=O) groups excluding carboxylic acids is 1. The summed E-state index contributed by atoms with van der Waals surface area (Å²) in [5, 5.41) is 2.87. The van der Waals surface area contributed by atoms with E-state index in [1.54, 1.807) is 0 Å². The molecule has 4 nitrogen and oxygen atoms in total. The number of anilines is 2. The van der Waals surface area contributed by atoms with Gasteiger partial charge in [0, 0.05) is 30.0 Å². The van der Waals surface area contributed by atoms with Gasteiger partial charge in [-0.05, 0) is 55.0 Å². The summed E-state index contributed by atoms with van der Waals surface area (Å²) in [6.45, 7) is 5.19. The van der Waals surface area contributed by atoms with E-state index in [0.717, 1.165) is 43.2 Å². The Kier molecular flexibility index (Phi) is 4.57. The van der Waals surface area contributed by atoms with Crippen LogP contribution in [0.5, 0.6) is 0 Å². The zero-order chi connectivity index (χ0) is 16.2. The Balaban J connectivity index is 1.73. The van der Waals surface area contributed by atoms with Gasteiger partial charge in [-0.3, -0.25) is 4.79 Å². The quantitative estimate of drug-likeness (QED) is 0.946. The summed E-state index contributed by atoms with van der Waals surface area (Å²) in [6.07, 6.45) is 0. The van der Waals surface area contributed by atoms with Crippen LogP contribution in [0.1, 0.15) is 15.9 Å². The summed E-state index contributed by atoms with van der Waals surface area (Å²) in [7, 11) is 0. The molecule has 2 aromatic carbocycles. The van der Waals surface area contributed by atoms with Gasteiger partial charge in [-0.1, -0.05) is 0 Å². The monoisotopic (exact) mass is 314 g/mol. The Morgan fingerprint density at radius 2 is 1.83 bits per heavy atom. The first-order valence-corrected chi connectivity index (χ1v) is 7.64. The van der Waals surface area contributed by atoms with Crippen LogP contribution in [-0.4, -0.2) is 32.2 Å². The van der Waals surface area contributed by atoms with Gasteiger partial charge >= 0.3 is 0 Å². The van der Waals surface area contributed by atoms with E-state index in [1.165, 1.54) is 24.3 Å². The SMILES string of the molecule is Cc1cc(N2CCOCC2)ccc1NC(=O)c1ccc(F)cc1. The highest BCUT2D eigenvalue weighted by Gasteiger charge is 2.13. The summed E-state index contributed by atoms with van der Waals surface area (Å²) in [5.74, 6) is -0.597. The van der Waals surface area contributed by atoms with Gasteiger partial charge in [0.15, 0.2) is 0 Å². The van der Waals surface area contributed by atoms with Crippen molar-refractivity contribution < 1.29 is 13.9 Å². The van der Waals surface area contributed by atoms with Crippen LogP contribution in [-0.2, 0) is 4.74 Å². The van der Waals surface area contributed by atoms with Crippen LogP contribution in [0.25, 0.3) is 0 Å². The molecule has 0 bridgehead atoms. The highest BCUT2D eigenvalue weighted by atomic mass is 19.1. The number of nitrogens with one attached hydrogen (secondary N) is 1. The van der Waals surface area contributed by atoms with Crippen LogP contribution in [0.4, 0.5) is 15.8 Å². The van der Waals surface area contributed by atoms with Crippen LogP contribution in [0.3, 0.4) is 0 Å². The van der Waals surface area contributed by atoms with Crippen molar-refractivity contribution in [2.75, 3.05) is 36.5 Å². The van der Waals surface area contributed by atoms with E-state index in [-0.39, 0.29) is 11.7 Å². The van der Waals surface area contributed by atoms with Gasteiger partial charge in [0.1, 0.15) is 5.82 Å². The summed E-state index contributed by atoms with van der Waals surface area (Å²) >= 11 is 0. The lowest BCUT2D eigenvalue weighted by molar-refractivity contribution is 0.102. The van der Waals surface area contributed by atoms with E-state index in [1.807, 2.05) is 19.1 Å². The predicted molar refractivity (Wildman–Crippen MR) is 88.6 cm³/mol. The van der Waals surface area contributed by atoms with Gasteiger partial charge in [-0.25, -0.2) is 4.39 Å². The van der Waals surface area contributed by atoms with Gasteiger partial charge < -0.3 is 15.0 Å². The molecule has 0 radical (unpaired) electrons. The molecule has 3 rings (SSSR count). The van der Waals surface area contributed by atoms with Gasteiger partial charge in [0.05, 0.1) is 13.2 Å². The fourth-order valence-electron chi connectivity index (χ4n) is 2.60. The van der Waals surface area contributed by atoms with Gasteiger partial charge in [-0.15, -0.1) is 0 Å². The van der Waals surface area contributed by atoms with Gasteiger partial charge in [0.2, 0.25) is 0 Å². The minimum atomic E-state index is -0.354. The molecular weight excluding hydrogens is 295 g/mol. The third-order valence-electron chi connectivity index (χ3n) is 3.94. The lowest BCUT2D eigenvalue weighted by atomic mass is 10.1. The first kappa shape index (κ1) is 15.5. The van der Waals surface area contributed by atoms with Crippen molar-refractivity contribution in [3.63, 3.8) is 0 Å². The Morgan fingerprint density at radius 1 is 1.13 bits per heavy atom. The number of hydrogen-bond donors (Lipinski definition) is 1. The maximum Gasteiger partial charge on any atom is 0.255 e. The van der Waals surface area contributed by atoms with Crippen molar-refractivity contribution in [3.05, 3.63) is 59.4 Å². The highest BCUT2D eigenvalue weighted by molar-refractivity contribution is 6.04. The topological polar surface area (TPSA) is 41.6 Å². The van der Waals surface area contributed by atoms with Crippen LogP contribution in [0.2, 0.25) is 0 Å². The molecule has 1 saturated heterocycles. The third kappa shape index (κ3) is 3.68. The Hall–Kier alpha value is -2.40. The molecule has 1 N–H and O–H groups in total. The number of morpholine rings is 1. The molecule has 0 atom stereocenters. The molecule has 1 heterocycles. The number of rotatable bonds is 3. The number of amides is 1. The first-order valence-electron chi connectivity index (χ1n) is 7.64. The number of hydrogen-bond acceptors (Lipinski definition) is 3. The molecule has 120 valence electrons. The maximum atomic E-state index is 12.9. The smallest absolute Gasteiger partial charge is 0.255 e. The second-order valence-electron chi connectivity index (χ2n) is 5.56. The fourth-order valence-corrected chi connectivity index (χ4v) is 2.60. The molecule has 1 aliphatic rings. The molecule has 5 heteroatoms. The zero-order valence-corrected chi connectivity index (χ0v) is 13.0. The van der Waals surface area contributed by atoms with E-state index in [2.05, 4.69) is 16.3 Å². The first-order chi connectivity index (χ1) is 11.1. The number of halogens is 1. The summed E-state index contributed by atoms with van der Waals surface area (Å²) in [6, 6.07) is 11.5. The number of ether oxygens (including phenoxy) is 1. The zero-order valence-electron chi connectivity index (χ0n) is 13.0. The van der Waals surface area contributed by atoms with Gasteiger partial charge in [-0.2, -0.15) is 0 Å². The molecule has 23 heavy (non-hydrogen) atoms. The predicted octanol–water partition coefficient (Wildman–Crippen LogP) is 3.22. The van der Waals surface area contributed by atoms with Crippen molar-refractivity contribution in [3.8, 4) is 0 Å². The summed E-state index contributed by atoms with van der Waals surface area (Å²) < 4.78 is 18.3. The molecule has 1 aliphatic heterocycles.